The fourth-order valence-corrected chi connectivity index (χ4v) is 2.80. The third-order valence-electron chi connectivity index (χ3n) is 4.05. The van der Waals surface area contributed by atoms with E-state index in [0.29, 0.717) is 11.1 Å². The molecule has 0 bridgehead atoms. The minimum atomic E-state index is -1.21. The summed E-state index contributed by atoms with van der Waals surface area (Å²) in [6, 6.07) is 14.6. The third kappa shape index (κ3) is 4.25. The van der Waals surface area contributed by atoms with Crippen LogP contribution in [0.2, 0.25) is 0 Å². The quantitative estimate of drug-likeness (QED) is 0.622. The summed E-state index contributed by atoms with van der Waals surface area (Å²) in [5.41, 5.74) is 1.68. The van der Waals surface area contributed by atoms with E-state index in [0.717, 1.165) is 5.56 Å². The van der Waals surface area contributed by atoms with Crippen molar-refractivity contribution in [1.29, 1.82) is 0 Å². The van der Waals surface area contributed by atoms with Gasteiger partial charge in [0, 0.05) is 5.56 Å². The van der Waals surface area contributed by atoms with Crippen LogP contribution in [0.5, 0.6) is 0 Å². The van der Waals surface area contributed by atoms with Crippen LogP contribution in [-0.4, -0.2) is 30.7 Å². The van der Waals surface area contributed by atoms with Crippen LogP contribution in [0.25, 0.3) is 0 Å². The third-order valence-corrected chi connectivity index (χ3v) is 4.05. The van der Waals surface area contributed by atoms with Gasteiger partial charge in [-0.2, -0.15) is 0 Å². The lowest BCUT2D eigenvalue weighted by molar-refractivity contribution is -0.148. The molecule has 2 aromatic rings. The monoisotopic (exact) mass is 369 g/mol. The molecule has 140 valence electrons. The van der Waals surface area contributed by atoms with Gasteiger partial charge in [0.2, 0.25) is 0 Å². The van der Waals surface area contributed by atoms with Crippen molar-refractivity contribution in [2.75, 3.05) is 6.61 Å². The number of benzene rings is 2. The number of esters is 2. The first-order valence-corrected chi connectivity index (χ1v) is 8.54. The predicted molar refractivity (Wildman–Crippen MR) is 94.8 cm³/mol. The van der Waals surface area contributed by atoms with E-state index in [2.05, 4.69) is 5.32 Å². The van der Waals surface area contributed by atoms with E-state index in [-0.39, 0.29) is 13.2 Å². The first-order chi connectivity index (χ1) is 13.1. The maximum atomic E-state index is 12.4. The molecule has 1 amide bonds. The summed E-state index contributed by atoms with van der Waals surface area (Å²) in [6.07, 6.45) is -1.78. The number of rotatable bonds is 6. The second-order valence-electron chi connectivity index (χ2n) is 5.85. The Morgan fingerprint density at radius 3 is 2.52 bits per heavy atom. The van der Waals surface area contributed by atoms with Crippen molar-refractivity contribution in [3.05, 3.63) is 71.3 Å². The highest BCUT2D eigenvalue weighted by Crippen LogP contribution is 2.33. The van der Waals surface area contributed by atoms with Gasteiger partial charge in [-0.25, -0.2) is 14.4 Å². The van der Waals surface area contributed by atoms with Gasteiger partial charge in [-0.05, 0) is 18.6 Å². The Hall–Kier alpha value is -3.35. The number of carbonyl (C=O) groups excluding carboxylic acids is 3. The summed E-state index contributed by atoms with van der Waals surface area (Å²) >= 11 is 0. The van der Waals surface area contributed by atoms with Gasteiger partial charge in [-0.15, -0.1) is 0 Å². The number of alkyl carbamates (subject to hydrolysis) is 1. The molecule has 0 saturated heterocycles. The molecular formula is C20H19NO6. The molecule has 0 saturated carbocycles. The maximum Gasteiger partial charge on any atom is 0.408 e. The first-order valence-electron chi connectivity index (χ1n) is 8.54. The Morgan fingerprint density at radius 1 is 1.07 bits per heavy atom. The van der Waals surface area contributed by atoms with Crippen molar-refractivity contribution >= 4 is 18.0 Å². The number of fused-ring (bicyclic) bond motifs is 1. The molecule has 0 spiro atoms. The van der Waals surface area contributed by atoms with Gasteiger partial charge in [0.15, 0.2) is 12.1 Å². The molecule has 27 heavy (non-hydrogen) atoms. The zero-order valence-corrected chi connectivity index (χ0v) is 14.7. The van der Waals surface area contributed by atoms with E-state index < -0.39 is 30.2 Å². The van der Waals surface area contributed by atoms with E-state index in [4.69, 9.17) is 14.2 Å². The number of hydrogen-bond donors (Lipinski definition) is 1. The molecule has 0 aliphatic carbocycles. The molecular weight excluding hydrogens is 350 g/mol. The van der Waals surface area contributed by atoms with Crippen LogP contribution in [0.4, 0.5) is 4.79 Å². The van der Waals surface area contributed by atoms with Crippen LogP contribution in [-0.2, 0) is 25.6 Å². The fourth-order valence-electron chi connectivity index (χ4n) is 2.80. The lowest BCUT2D eigenvalue weighted by atomic mass is 10.00. The Morgan fingerprint density at radius 2 is 1.78 bits per heavy atom. The lowest BCUT2D eigenvalue weighted by Gasteiger charge is -2.22. The van der Waals surface area contributed by atoms with Crippen LogP contribution in [0, 0.1) is 0 Å². The number of ether oxygens (including phenoxy) is 3. The highest BCUT2D eigenvalue weighted by molar-refractivity contribution is 5.95. The molecule has 1 heterocycles. The van der Waals surface area contributed by atoms with Crippen molar-refractivity contribution in [3.63, 3.8) is 0 Å². The van der Waals surface area contributed by atoms with Crippen LogP contribution in [0.3, 0.4) is 0 Å². The maximum absolute atomic E-state index is 12.4. The number of nitrogens with one attached hydrogen (secondary N) is 1. The summed E-state index contributed by atoms with van der Waals surface area (Å²) in [4.78, 5) is 36.6. The van der Waals surface area contributed by atoms with Crippen LogP contribution in [0.1, 0.15) is 34.5 Å². The summed E-state index contributed by atoms with van der Waals surface area (Å²) in [5.74, 6) is -1.26. The van der Waals surface area contributed by atoms with Crippen molar-refractivity contribution in [1.82, 2.24) is 5.32 Å². The second-order valence-corrected chi connectivity index (χ2v) is 5.85. The molecule has 0 fully saturated rings. The van der Waals surface area contributed by atoms with Gasteiger partial charge in [-0.1, -0.05) is 48.5 Å². The molecule has 1 aliphatic heterocycles. The molecule has 1 aliphatic rings. The van der Waals surface area contributed by atoms with E-state index in [1.165, 1.54) is 0 Å². The topological polar surface area (TPSA) is 90.9 Å². The van der Waals surface area contributed by atoms with Crippen molar-refractivity contribution in [2.45, 2.75) is 25.7 Å². The number of amides is 1. The van der Waals surface area contributed by atoms with E-state index in [9.17, 15) is 14.4 Å². The molecule has 3 rings (SSSR count). The predicted octanol–water partition coefficient (Wildman–Crippen LogP) is 2.76. The summed E-state index contributed by atoms with van der Waals surface area (Å²) < 4.78 is 15.5. The average molecular weight is 369 g/mol. The van der Waals surface area contributed by atoms with Crippen molar-refractivity contribution < 1.29 is 28.6 Å². The van der Waals surface area contributed by atoms with Gasteiger partial charge in [0.25, 0.3) is 0 Å². The minimum absolute atomic E-state index is 0.0449. The molecule has 1 N–H and O–H groups in total. The van der Waals surface area contributed by atoms with Crippen LogP contribution >= 0.6 is 0 Å². The molecule has 2 aromatic carbocycles. The number of carbonyl (C=O) groups is 3. The minimum Gasteiger partial charge on any atom is -0.464 e. The van der Waals surface area contributed by atoms with Gasteiger partial charge in [0.05, 0.1) is 12.2 Å². The van der Waals surface area contributed by atoms with Crippen molar-refractivity contribution in [3.8, 4) is 0 Å². The van der Waals surface area contributed by atoms with Gasteiger partial charge < -0.3 is 19.5 Å². The number of hydrogen-bond acceptors (Lipinski definition) is 6. The zero-order valence-electron chi connectivity index (χ0n) is 14.7. The van der Waals surface area contributed by atoms with Gasteiger partial charge in [-0.3, -0.25) is 0 Å². The van der Waals surface area contributed by atoms with Gasteiger partial charge in [0.1, 0.15) is 6.61 Å². The largest absolute Gasteiger partial charge is 0.464 e. The molecule has 7 nitrogen and oxygen atoms in total. The normalized spacial score (nSPS) is 16.0. The van der Waals surface area contributed by atoms with Crippen LogP contribution < -0.4 is 5.32 Å². The summed E-state index contributed by atoms with van der Waals surface area (Å²) in [6.45, 7) is 1.82. The molecule has 7 heteroatoms. The molecule has 0 aromatic heterocycles. The lowest BCUT2D eigenvalue weighted by Crippen LogP contribution is -2.46. The Kier molecular flexibility index (Phi) is 5.71. The van der Waals surface area contributed by atoms with Gasteiger partial charge >= 0.3 is 18.0 Å². The standard InChI is InChI=1S/C20H19NO6/c1-2-25-19(23)16(17-14-10-6-7-11-15(14)18(22)27-17)21-20(24)26-12-13-8-4-3-5-9-13/h3-11,16-17H,2,12H2,1H3,(H,21,24)/t16-,17-/m1/s1. The second kappa shape index (κ2) is 8.35. The summed E-state index contributed by atoms with van der Waals surface area (Å²) in [7, 11) is 0. The molecule has 2 atom stereocenters. The first kappa shape index (κ1) is 18.4. The molecule has 0 unspecified atom stereocenters. The highest BCUT2D eigenvalue weighted by atomic mass is 16.6. The molecule has 0 radical (unpaired) electrons. The van der Waals surface area contributed by atoms with E-state index in [1.54, 1.807) is 31.2 Å². The highest BCUT2D eigenvalue weighted by Gasteiger charge is 2.42. The number of cyclic esters (lactones) is 1. The fraction of sp³-hybridized carbons (Fsp3) is 0.250. The SMILES string of the molecule is CCOC(=O)[C@H](NC(=O)OCc1ccccc1)[C@@H]1OC(=O)c2ccccc21. The van der Waals surface area contributed by atoms with Crippen molar-refractivity contribution in [2.24, 2.45) is 0 Å². The zero-order chi connectivity index (χ0) is 19.2. The Balaban J connectivity index is 1.73. The van der Waals surface area contributed by atoms with Crippen LogP contribution in [0.15, 0.2) is 54.6 Å². The Labute approximate surface area is 156 Å². The summed E-state index contributed by atoms with van der Waals surface area (Å²) in [5, 5.41) is 2.46. The average Bonchev–Trinajstić information content (AvgIpc) is 3.02. The van der Waals surface area contributed by atoms with E-state index >= 15 is 0 Å². The smallest absolute Gasteiger partial charge is 0.408 e. The Bertz CT molecular complexity index is 835. The van der Waals surface area contributed by atoms with E-state index in [1.807, 2.05) is 30.3 Å².